The average Bonchev–Trinajstić information content (AvgIpc) is 2.16. The van der Waals surface area contributed by atoms with Crippen LogP contribution in [0.5, 0.6) is 0 Å². The predicted molar refractivity (Wildman–Crippen MR) is 46.8 cm³/mol. The van der Waals surface area contributed by atoms with Gasteiger partial charge in [0, 0.05) is 5.56 Å². The summed E-state index contributed by atoms with van der Waals surface area (Å²) in [6.07, 6.45) is 0. The summed E-state index contributed by atoms with van der Waals surface area (Å²) >= 11 is 5.37. The second kappa shape index (κ2) is 3.87. The maximum atomic E-state index is 13.1. The highest BCUT2D eigenvalue weighted by atomic mass is 35.5. The molecule has 0 atom stereocenters. The zero-order valence-electron chi connectivity index (χ0n) is 6.33. The topological polar surface area (TPSA) is 37.0 Å². The minimum absolute atomic E-state index is 0.0310. The molecule has 66 valence electrons. The SMILES string of the molecule is [C-]#[N+]c1ccc(/C(Cl)=N/O)c(F)c1. The van der Waals surface area contributed by atoms with Crippen molar-refractivity contribution in [3.63, 3.8) is 0 Å². The summed E-state index contributed by atoms with van der Waals surface area (Å²) < 4.78 is 13.1. The molecule has 0 heterocycles. The smallest absolute Gasteiger partial charge is 0.190 e. The summed E-state index contributed by atoms with van der Waals surface area (Å²) in [7, 11) is 0. The van der Waals surface area contributed by atoms with Crippen LogP contribution in [0.3, 0.4) is 0 Å². The van der Waals surface area contributed by atoms with Crippen LogP contribution in [0.25, 0.3) is 4.85 Å². The fraction of sp³-hybridized carbons (Fsp3) is 0. The Kier molecular flexibility index (Phi) is 2.83. The summed E-state index contributed by atoms with van der Waals surface area (Å²) in [6.45, 7) is 6.61. The van der Waals surface area contributed by atoms with E-state index < -0.39 is 5.82 Å². The van der Waals surface area contributed by atoms with Crippen molar-refractivity contribution in [1.29, 1.82) is 0 Å². The van der Waals surface area contributed by atoms with Crippen LogP contribution in [0.2, 0.25) is 0 Å². The van der Waals surface area contributed by atoms with E-state index in [0.29, 0.717) is 0 Å². The van der Waals surface area contributed by atoms with E-state index in [1.807, 2.05) is 0 Å². The molecule has 0 unspecified atom stereocenters. The quantitative estimate of drug-likeness (QED) is 0.320. The summed E-state index contributed by atoms with van der Waals surface area (Å²) in [6, 6.07) is 3.69. The molecule has 1 aromatic carbocycles. The Morgan fingerprint density at radius 2 is 2.31 bits per heavy atom. The minimum atomic E-state index is -0.684. The summed E-state index contributed by atoms with van der Waals surface area (Å²) in [4.78, 5) is 3.02. The Labute approximate surface area is 78.9 Å². The third-order valence-corrected chi connectivity index (χ3v) is 1.67. The molecule has 0 fully saturated rings. The molecule has 3 nitrogen and oxygen atoms in total. The Morgan fingerprint density at radius 3 is 2.77 bits per heavy atom. The first-order chi connectivity index (χ1) is 6.19. The van der Waals surface area contributed by atoms with Crippen LogP contribution in [0.15, 0.2) is 23.4 Å². The molecule has 0 saturated heterocycles. The lowest BCUT2D eigenvalue weighted by atomic mass is 10.2. The molecule has 0 bridgehead atoms. The van der Waals surface area contributed by atoms with Crippen LogP contribution < -0.4 is 0 Å². The van der Waals surface area contributed by atoms with E-state index in [4.69, 9.17) is 23.4 Å². The van der Waals surface area contributed by atoms with Gasteiger partial charge < -0.3 is 5.21 Å². The molecule has 0 radical (unpaired) electrons. The third kappa shape index (κ3) is 1.95. The first-order valence-corrected chi connectivity index (χ1v) is 3.61. The second-order valence-electron chi connectivity index (χ2n) is 2.17. The fourth-order valence-corrected chi connectivity index (χ4v) is 0.948. The number of halogens is 2. The first-order valence-electron chi connectivity index (χ1n) is 3.24. The lowest BCUT2D eigenvalue weighted by molar-refractivity contribution is 0.320. The van der Waals surface area contributed by atoms with Gasteiger partial charge in [-0.1, -0.05) is 28.9 Å². The van der Waals surface area contributed by atoms with E-state index in [1.54, 1.807) is 0 Å². The molecule has 1 aromatic rings. The molecule has 0 aliphatic carbocycles. The Balaban J connectivity index is 3.22. The Hall–Kier alpha value is -1.60. The zero-order valence-corrected chi connectivity index (χ0v) is 7.09. The van der Waals surface area contributed by atoms with Gasteiger partial charge in [0.05, 0.1) is 6.57 Å². The van der Waals surface area contributed by atoms with Crippen LogP contribution in [-0.4, -0.2) is 10.4 Å². The van der Waals surface area contributed by atoms with Crippen molar-refractivity contribution < 1.29 is 9.60 Å². The predicted octanol–water partition coefficient (Wildman–Crippen LogP) is 2.75. The average molecular weight is 199 g/mol. The molecule has 13 heavy (non-hydrogen) atoms. The number of hydrogen-bond donors (Lipinski definition) is 1. The number of benzene rings is 1. The van der Waals surface area contributed by atoms with Gasteiger partial charge in [0.15, 0.2) is 10.9 Å². The van der Waals surface area contributed by atoms with Crippen LogP contribution in [0.4, 0.5) is 10.1 Å². The second-order valence-corrected chi connectivity index (χ2v) is 2.52. The fourth-order valence-electron chi connectivity index (χ4n) is 0.795. The molecule has 1 N–H and O–H groups in total. The van der Waals surface area contributed by atoms with Gasteiger partial charge in [0.1, 0.15) is 5.82 Å². The van der Waals surface area contributed by atoms with Gasteiger partial charge in [0.25, 0.3) is 0 Å². The van der Waals surface area contributed by atoms with E-state index in [1.165, 1.54) is 12.1 Å². The molecule has 0 aliphatic rings. The molecule has 0 spiro atoms. The van der Waals surface area contributed by atoms with Crippen LogP contribution in [0, 0.1) is 12.4 Å². The molecule has 1 rings (SSSR count). The molecule has 0 aromatic heterocycles. The summed E-state index contributed by atoms with van der Waals surface area (Å²) in [5.74, 6) is -0.684. The van der Waals surface area contributed by atoms with Crippen molar-refractivity contribution in [1.82, 2.24) is 0 Å². The first kappa shape index (κ1) is 9.49. The number of nitrogens with zero attached hydrogens (tertiary/aromatic N) is 2. The Bertz CT molecular complexity index is 398. The lowest BCUT2D eigenvalue weighted by Crippen LogP contribution is -1.94. The monoisotopic (exact) mass is 198 g/mol. The third-order valence-electron chi connectivity index (χ3n) is 1.39. The van der Waals surface area contributed by atoms with Crippen LogP contribution in [-0.2, 0) is 0 Å². The van der Waals surface area contributed by atoms with Gasteiger partial charge >= 0.3 is 0 Å². The molecule has 0 amide bonds. The van der Waals surface area contributed by atoms with Crippen molar-refractivity contribution in [2.45, 2.75) is 0 Å². The number of rotatable bonds is 1. The van der Waals surface area contributed by atoms with E-state index >= 15 is 0 Å². The maximum absolute atomic E-state index is 13.1. The Morgan fingerprint density at radius 1 is 1.62 bits per heavy atom. The number of oxime groups is 1. The zero-order chi connectivity index (χ0) is 9.84. The largest absolute Gasteiger partial charge is 0.410 e. The van der Waals surface area contributed by atoms with E-state index in [-0.39, 0.29) is 16.4 Å². The van der Waals surface area contributed by atoms with Gasteiger partial charge in [-0.05, 0) is 6.07 Å². The molecule has 5 heteroatoms. The molecular weight excluding hydrogens is 195 g/mol. The maximum Gasteiger partial charge on any atom is 0.190 e. The molecular formula is C8H4ClFN2O. The lowest BCUT2D eigenvalue weighted by Gasteiger charge is -1.98. The molecule has 0 saturated carbocycles. The van der Waals surface area contributed by atoms with Crippen molar-refractivity contribution in [2.24, 2.45) is 5.16 Å². The van der Waals surface area contributed by atoms with Crippen molar-refractivity contribution in [3.8, 4) is 0 Å². The van der Waals surface area contributed by atoms with Gasteiger partial charge in [-0.3, -0.25) is 0 Å². The highest BCUT2D eigenvalue weighted by molar-refractivity contribution is 6.69. The number of hydrogen-bond acceptors (Lipinski definition) is 2. The normalized spacial score (nSPS) is 11.0. The van der Waals surface area contributed by atoms with E-state index in [0.717, 1.165) is 6.07 Å². The standard InChI is InChI=1S/C8H4ClFN2O/c1-11-5-2-3-6(7(10)4-5)8(9)12-13/h2-4,13H/b12-8-. The highest BCUT2D eigenvalue weighted by Crippen LogP contribution is 2.18. The summed E-state index contributed by atoms with van der Waals surface area (Å²) in [5, 5.41) is 10.6. The van der Waals surface area contributed by atoms with E-state index in [2.05, 4.69) is 10.0 Å². The van der Waals surface area contributed by atoms with Crippen molar-refractivity contribution in [3.05, 3.63) is 41.0 Å². The van der Waals surface area contributed by atoms with E-state index in [9.17, 15) is 4.39 Å². The van der Waals surface area contributed by atoms with Gasteiger partial charge in [0.2, 0.25) is 0 Å². The van der Waals surface area contributed by atoms with Crippen molar-refractivity contribution >= 4 is 22.5 Å². The van der Waals surface area contributed by atoms with Gasteiger partial charge in [-0.15, -0.1) is 0 Å². The molecule has 0 aliphatic heterocycles. The van der Waals surface area contributed by atoms with Gasteiger partial charge in [-0.2, -0.15) is 0 Å². The van der Waals surface area contributed by atoms with Crippen LogP contribution >= 0.6 is 11.6 Å². The summed E-state index contributed by atoms with van der Waals surface area (Å²) in [5.41, 5.74) is 0.139. The highest BCUT2D eigenvalue weighted by Gasteiger charge is 2.07. The van der Waals surface area contributed by atoms with Gasteiger partial charge in [-0.25, -0.2) is 9.24 Å². The van der Waals surface area contributed by atoms with Crippen molar-refractivity contribution in [2.75, 3.05) is 0 Å². The van der Waals surface area contributed by atoms with Crippen LogP contribution in [0.1, 0.15) is 5.56 Å². The minimum Gasteiger partial charge on any atom is -0.410 e.